The van der Waals surface area contributed by atoms with Crippen LogP contribution in [0.5, 0.6) is 0 Å². The Hall–Kier alpha value is -3.10. The lowest BCUT2D eigenvalue weighted by molar-refractivity contribution is -0.125. The van der Waals surface area contributed by atoms with Crippen molar-refractivity contribution in [3.8, 4) is 0 Å². The van der Waals surface area contributed by atoms with Gasteiger partial charge in [-0.05, 0) is 31.0 Å². The quantitative estimate of drug-likeness (QED) is 0.686. The van der Waals surface area contributed by atoms with Crippen LogP contribution in [0.3, 0.4) is 0 Å². The summed E-state index contributed by atoms with van der Waals surface area (Å²) in [4.78, 5) is 26.9. The Morgan fingerprint density at radius 3 is 2.85 bits per heavy atom. The summed E-state index contributed by atoms with van der Waals surface area (Å²) in [6.07, 6.45) is 5.85. The van der Waals surface area contributed by atoms with Crippen LogP contribution in [-0.4, -0.2) is 55.5 Å². The minimum atomic E-state index is -0.0290. The van der Waals surface area contributed by atoms with Crippen molar-refractivity contribution < 1.29 is 4.79 Å². The first-order valence-electron chi connectivity index (χ1n) is 8.72. The molecule has 3 aromatic heterocycles. The van der Waals surface area contributed by atoms with E-state index in [1.807, 2.05) is 24.0 Å². The van der Waals surface area contributed by atoms with Crippen molar-refractivity contribution in [2.75, 3.05) is 24.5 Å². The summed E-state index contributed by atoms with van der Waals surface area (Å²) in [5, 5.41) is 11.3. The van der Waals surface area contributed by atoms with Crippen LogP contribution in [0.2, 0.25) is 0 Å². The summed E-state index contributed by atoms with van der Waals surface area (Å²) in [6.45, 7) is 4.58. The predicted octanol–water partition coefficient (Wildman–Crippen LogP) is 0.431. The number of fused-ring (bicyclic) bond motifs is 1. The van der Waals surface area contributed by atoms with Crippen molar-refractivity contribution in [3.05, 3.63) is 36.4 Å². The number of hydrogen-bond acceptors (Lipinski definition) is 7. The Morgan fingerprint density at radius 2 is 2.08 bits per heavy atom. The van der Waals surface area contributed by atoms with Crippen LogP contribution in [0.15, 0.2) is 30.9 Å². The maximum Gasteiger partial charge on any atom is 0.226 e. The third-order valence-electron chi connectivity index (χ3n) is 4.59. The monoisotopic (exact) mass is 352 g/mol. The molecule has 0 saturated carbocycles. The molecule has 4 rings (SSSR count). The number of amides is 1. The molecule has 0 unspecified atom stereocenters. The van der Waals surface area contributed by atoms with E-state index < -0.39 is 0 Å². The smallest absolute Gasteiger partial charge is 0.226 e. The van der Waals surface area contributed by atoms with E-state index in [1.165, 1.54) is 6.33 Å². The van der Waals surface area contributed by atoms with Crippen LogP contribution in [0, 0.1) is 5.92 Å². The van der Waals surface area contributed by atoms with Crippen molar-refractivity contribution in [2.24, 2.45) is 5.92 Å². The van der Waals surface area contributed by atoms with E-state index in [0.717, 1.165) is 23.4 Å². The predicted molar refractivity (Wildman–Crippen MR) is 95.4 cm³/mol. The first kappa shape index (κ1) is 16.4. The lowest BCUT2D eigenvalue weighted by atomic mass is 9.99. The molecule has 1 fully saturated rings. The minimum Gasteiger partial charge on any atom is -0.355 e. The topological polar surface area (TPSA) is 102 Å². The second-order valence-electron chi connectivity index (χ2n) is 6.27. The fraction of sp³-hybridized carbons (Fsp3) is 0.412. The molecule has 1 saturated heterocycles. The number of anilines is 1. The van der Waals surface area contributed by atoms with Gasteiger partial charge in [-0.2, -0.15) is 0 Å². The SMILES string of the molecule is CCn1nnc2c(N3CC(C(=O)NCCc4ccncc4)C3)ncnc21. The van der Waals surface area contributed by atoms with E-state index in [4.69, 9.17) is 0 Å². The normalized spacial score (nSPS) is 14.4. The molecule has 1 aliphatic heterocycles. The minimum absolute atomic E-state index is 0.0290. The molecule has 1 N–H and O–H groups in total. The molecule has 0 aliphatic carbocycles. The van der Waals surface area contributed by atoms with Crippen molar-refractivity contribution in [1.82, 2.24) is 35.3 Å². The third-order valence-corrected chi connectivity index (χ3v) is 4.59. The highest BCUT2D eigenvalue weighted by molar-refractivity contribution is 5.86. The third kappa shape index (κ3) is 3.07. The van der Waals surface area contributed by atoms with Crippen LogP contribution in [0.1, 0.15) is 12.5 Å². The van der Waals surface area contributed by atoms with Crippen molar-refractivity contribution in [2.45, 2.75) is 19.9 Å². The Morgan fingerprint density at radius 1 is 1.27 bits per heavy atom. The molecule has 9 nitrogen and oxygen atoms in total. The Labute approximate surface area is 150 Å². The van der Waals surface area contributed by atoms with Crippen LogP contribution in [0.25, 0.3) is 11.2 Å². The number of hydrogen-bond donors (Lipinski definition) is 1. The molecule has 4 heterocycles. The first-order valence-corrected chi connectivity index (χ1v) is 8.72. The van der Waals surface area contributed by atoms with Gasteiger partial charge in [0, 0.05) is 38.6 Å². The second kappa shape index (κ2) is 7.03. The fourth-order valence-electron chi connectivity index (χ4n) is 3.07. The molecule has 3 aromatic rings. The summed E-state index contributed by atoms with van der Waals surface area (Å²) in [6, 6.07) is 3.92. The van der Waals surface area contributed by atoms with E-state index in [9.17, 15) is 4.79 Å². The molecular weight excluding hydrogens is 332 g/mol. The fourth-order valence-corrected chi connectivity index (χ4v) is 3.07. The summed E-state index contributed by atoms with van der Waals surface area (Å²) in [7, 11) is 0. The molecule has 0 radical (unpaired) electrons. The molecule has 0 atom stereocenters. The van der Waals surface area contributed by atoms with Gasteiger partial charge >= 0.3 is 0 Å². The van der Waals surface area contributed by atoms with Gasteiger partial charge in [0.25, 0.3) is 0 Å². The number of pyridine rings is 1. The summed E-state index contributed by atoms with van der Waals surface area (Å²) in [5.74, 6) is 0.798. The molecule has 9 heteroatoms. The number of aryl methyl sites for hydroxylation is 1. The Kier molecular flexibility index (Phi) is 4.42. The lowest BCUT2D eigenvalue weighted by Gasteiger charge is -2.38. The molecule has 0 bridgehead atoms. The molecule has 134 valence electrons. The van der Waals surface area contributed by atoms with Gasteiger partial charge in [0.1, 0.15) is 6.33 Å². The van der Waals surface area contributed by atoms with E-state index in [-0.39, 0.29) is 11.8 Å². The van der Waals surface area contributed by atoms with E-state index in [0.29, 0.717) is 31.7 Å². The molecule has 26 heavy (non-hydrogen) atoms. The van der Waals surface area contributed by atoms with Gasteiger partial charge in [-0.3, -0.25) is 9.78 Å². The highest BCUT2D eigenvalue weighted by atomic mass is 16.2. The average Bonchev–Trinajstić information content (AvgIpc) is 3.05. The summed E-state index contributed by atoms with van der Waals surface area (Å²) >= 11 is 0. The Balaban J connectivity index is 1.32. The first-order chi connectivity index (χ1) is 12.8. The lowest BCUT2D eigenvalue weighted by Crippen LogP contribution is -2.54. The second-order valence-corrected chi connectivity index (χ2v) is 6.27. The highest BCUT2D eigenvalue weighted by Gasteiger charge is 2.34. The van der Waals surface area contributed by atoms with E-state index in [1.54, 1.807) is 17.1 Å². The van der Waals surface area contributed by atoms with Gasteiger partial charge < -0.3 is 10.2 Å². The largest absolute Gasteiger partial charge is 0.355 e. The van der Waals surface area contributed by atoms with Crippen LogP contribution < -0.4 is 10.2 Å². The van der Waals surface area contributed by atoms with E-state index >= 15 is 0 Å². The van der Waals surface area contributed by atoms with Gasteiger partial charge in [0.2, 0.25) is 5.91 Å². The molecule has 1 aliphatic rings. The maximum absolute atomic E-state index is 12.3. The number of rotatable bonds is 6. The van der Waals surface area contributed by atoms with Crippen LogP contribution in [0.4, 0.5) is 5.82 Å². The molecule has 1 amide bonds. The van der Waals surface area contributed by atoms with Crippen molar-refractivity contribution in [3.63, 3.8) is 0 Å². The van der Waals surface area contributed by atoms with Gasteiger partial charge in [-0.1, -0.05) is 5.21 Å². The molecule has 0 aromatic carbocycles. The number of nitrogens with zero attached hydrogens (tertiary/aromatic N) is 7. The molecule has 0 spiro atoms. The van der Waals surface area contributed by atoms with Gasteiger partial charge in [0.05, 0.1) is 5.92 Å². The maximum atomic E-state index is 12.3. The van der Waals surface area contributed by atoms with Gasteiger partial charge in [-0.25, -0.2) is 14.6 Å². The van der Waals surface area contributed by atoms with Gasteiger partial charge in [-0.15, -0.1) is 5.10 Å². The van der Waals surface area contributed by atoms with Crippen LogP contribution >= 0.6 is 0 Å². The number of nitrogens with one attached hydrogen (secondary N) is 1. The van der Waals surface area contributed by atoms with Crippen molar-refractivity contribution >= 4 is 22.9 Å². The summed E-state index contributed by atoms with van der Waals surface area (Å²) < 4.78 is 1.74. The standard InChI is InChI=1S/C17H20N8O/c1-2-25-16-14(22-23-25)15(20-11-21-16)24-9-13(10-24)17(26)19-8-5-12-3-6-18-7-4-12/h3-4,6-7,11,13H,2,5,8-10H2,1H3,(H,19,26). The zero-order chi connectivity index (χ0) is 17.9. The number of carbonyl (C=O) groups excluding carboxylic acids is 1. The zero-order valence-electron chi connectivity index (χ0n) is 14.5. The number of carbonyl (C=O) groups is 1. The van der Waals surface area contributed by atoms with E-state index in [2.05, 4.69) is 30.6 Å². The summed E-state index contributed by atoms with van der Waals surface area (Å²) in [5.41, 5.74) is 2.58. The van der Waals surface area contributed by atoms with Crippen LogP contribution in [-0.2, 0) is 17.8 Å². The Bertz CT molecular complexity index is 904. The molecular formula is C17H20N8O. The average molecular weight is 352 g/mol. The van der Waals surface area contributed by atoms with Crippen molar-refractivity contribution in [1.29, 1.82) is 0 Å². The van der Waals surface area contributed by atoms with Gasteiger partial charge in [0.15, 0.2) is 17.0 Å². The highest BCUT2D eigenvalue weighted by Crippen LogP contribution is 2.27. The number of aromatic nitrogens is 6. The zero-order valence-corrected chi connectivity index (χ0v) is 14.5.